The number of para-hydroxylation sites is 1. The molecule has 3 aromatic rings. The number of carbonyl (C=O) groups is 2. The molecule has 6 heteroatoms. The van der Waals surface area contributed by atoms with Crippen LogP contribution in [-0.4, -0.2) is 23.5 Å². The van der Waals surface area contributed by atoms with Crippen molar-refractivity contribution >= 4 is 51.4 Å². The quantitative estimate of drug-likeness (QED) is 0.303. The first-order valence-corrected chi connectivity index (χ1v) is 12.6. The molecule has 2 aliphatic rings. The molecular formula is C30H27N3O2S. The van der Waals surface area contributed by atoms with E-state index in [4.69, 9.17) is 4.99 Å². The third-order valence-corrected chi connectivity index (χ3v) is 7.89. The van der Waals surface area contributed by atoms with E-state index in [0.717, 1.165) is 44.9 Å². The summed E-state index contributed by atoms with van der Waals surface area (Å²) in [6.45, 7) is 12.3. The van der Waals surface area contributed by atoms with Crippen molar-refractivity contribution < 1.29 is 9.59 Å². The van der Waals surface area contributed by atoms with Crippen LogP contribution < -0.4 is 9.80 Å². The number of hydrogen-bond acceptors (Lipinski definition) is 4. The van der Waals surface area contributed by atoms with Crippen LogP contribution in [0.5, 0.6) is 0 Å². The molecule has 1 fully saturated rings. The molecule has 2 amide bonds. The van der Waals surface area contributed by atoms with Gasteiger partial charge in [-0.15, -0.1) is 6.58 Å². The lowest BCUT2D eigenvalue weighted by Crippen LogP contribution is -2.30. The van der Waals surface area contributed by atoms with Gasteiger partial charge in [0.15, 0.2) is 5.17 Å². The Balaban J connectivity index is 1.74. The van der Waals surface area contributed by atoms with E-state index < -0.39 is 0 Å². The highest BCUT2D eigenvalue weighted by Crippen LogP contribution is 2.46. The number of carbonyl (C=O) groups excluding carboxylic acids is 2. The average molecular weight is 494 g/mol. The second-order valence-corrected chi connectivity index (χ2v) is 9.98. The Kier molecular flexibility index (Phi) is 6.14. The smallest absolute Gasteiger partial charge is 0.272 e. The summed E-state index contributed by atoms with van der Waals surface area (Å²) in [5, 5.41) is 0.539. The minimum Gasteiger partial charge on any atom is -0.304 e. The molecule has 0 aromatic heterocycles. The topological polar surface area (TPSA) is 53.0 Å². The highest BCUT2D eigenvalue weighted by molar-refractivity contribution is 8.19. The van der Waals surface area contributed by atoms with Gasteiger partial charge in [0.25, 0.3) is 11.8 Å². The SMILES string of the molecule is C=CCN1C(=O)/C(=C2/SC(=Nc3cccc(C)c3C)N(c3cccc(C)c3C)C2=O)c2ccccc21. The third-order valence-electron chi connectivity index (χ3n) is 6.85. The van der Waals surface area contributed by atoms with Crippen molar-refractivity contribution in [2.75, 3.05) is 16.3 Å². The van der Waals surface area contributed by atoms with Gasteiger partial charge >= 0.3 is 0 Å². The van der Waals surface area contributed by atoms with Crippen molar-refractivity contribution in [1.82, 2.24) is 0 Å². The van der Waals surface area contributed by atoms with Crippen LogP contribution in [0.2, 0.25) is 0 Å². The summed E-state index contributed by atoms with van der Waals surface area (Å²) in [5.74, 6) is -0.433. The summed E-state index contributed by atoms with van der Waals surface area (Å²) >= 11 is 1.26. The van der Waals surface area contributed by atoms with E-state index in [1.165, 1.54) is 11.8 Å². The number of aliphatic imine (C=N–C) groups is 1. The summed E-state index contributed by atoms with van der Waals surface area (Å²) in [6.07, 6.45) is 1.70. The van der Waals surface area contributed by atoms with Gasteiger partial charge < -0.3 is 4.90 Å². The zero-order valence-corrected chi connectivity index (χ0v) is 21.6. The van der Waals surface area contributed by atoms with E-state index in [1.54, 1.807) is 15.9 Å². The van der Waals surface area contributed by atoms with Crippen molar-refractivity contribution in [3.63, 3.8) is 0 Å². The van der Waals surface area contributed by atoms with E-state index in [9.17, 15) is 9.59 Å². The molecule has 0 spiro atoms. The second-order valence-electron chi connectivity index (χ2n) is 9.00. The summed E-state index contributed by atoms with van der Waals surface area (Å²) in [5.41, 5.74) is 7.80. The molecule has 0 atom stereocenters. The van der Waals surface area contributed by atoms with E-state index in [0.29, 0.717) is 22.2 Å². The van der Waals surface area contributed by atoms with E-state index >= 15 is 0 Å². The first-order valence-electron chi connectivity index (χ1n) is 11.8. The predicted molar refractivity (Wildman–Crippen MR) is 150 cm³/mol. The molecule has 2 heterocycles. The number of benzene rings is 3. The number of aryl methyl sites for hydroxylation is 2. The number of rotatable bonds is 4. The Labute approximate surface area is 215 Å². The van der Waals surface area contributed by atoms with Gasteiger partial charge in [-0.05, 0) is 79.9 Å². The summed E-state index contributed by atoms with van der Waals surface area (Å²) in [6, 6.07) is 19.5. The monoisotopic (exact) mass is 493 g/mol. The van der Waals surface area contributed by atoms with Gasteiger partial charge in [-0.2, -0.15) is 0 Å². The Bertz CT molecular complexity index is 1500. The fraction of sp³-hybridized carbons (Fsp3) is 0.167. The number of hydrogen-bond donors (Lipinski definition) is 0. The fourth-order valence-corrected chi connectivity index (χ4v) is 5.64. The predicted octanol–water partition coefficient (Wildman–Crippen LogP) is 6.63. The lowest BCUT2D eigenvalue weighted by molar-refractivity contribution is -0.115. The molecule has 36 heavy (non-hydrogen) atoms. The van der Waals surface area contributed by atoms with Gasteiger partial charge in [-0.25, -0.2) is 4.99 Å². The number of anilines is 2. The molecular weight excluding hydrogens is 466 g/mol. The molecule has 5 rings (SSSR count). The maximum atomic E-state index is 14.1. The molecule has 5 nitrogen and oxygen atoms in total. The van der Waals surface area contributed by atoms with Crippen molar-refractivity contribution in [3.05, 3.63) is 106 Å². The van der Waals surface area contributed by atoms with Crippen LogP contribution in [0.25, 0.3) is 5.57 Å². The fourth-order valence-electron chi connectivity index (χ4n) is 4.56. The molecule has 0 radical (unpaired) electrons. The summed E-state index contributed by atoms with van der Waals surface area (Å²) < 4.78 is 0. The Morgan fingerprint density at radius 1 is 0.833 bits per heavy atom. The van der Waals surface area contributed by atoms with Gasteiger partial charge in [-0.1, -0.05) is 48.5 Å². The molecule has 0 bridgehead atoms. The van der Waals surface area contributed by atoms with Gasteiger partial charge in [0.2, 0.25) is 0 Å². The summed E-state index contributed by atoms with van der Waals surface area (Å²) in [4.78, 5) is 36.4. The van der Waals surface area contributed by atoms with Gasteiger partial charge in [0.05, 0.1) is 27.5 Å². The molecule has 0 N–H and O–H groups in total. The van der Waals surface area contributed by atoms with Crippen LogP contribution in [0.15, 0.2) is 83.2 Å². The first kappa shape index (κ1) is 23.8. The molecule has 1 saturated heterocycles. The number of amides is 2. The average Bonchev–Trinajstić information content (AvgIpc) is 3.32. The van der Waals surface area contributed by atoms with Gasteiger partial charge in [0, 0.05) is 12.1 Å². The molecule has 3 aromatic carbocycles. The summed E-state index contributed by atoms with van der Waals surface area (Å²) in [7, 11) is 0. The zero-order chi connectivity index (χ0) is 25.6. The zero-order valence-electron chi connectivity index (χ0n) is 20.8. The third kappa shape index (κ3) is 3.78. The minimum atomic E-state index is -0.239. The maximum Gasteiger partial charge on any atom is 0.272 e. The number of amidine groups is 1. The molecule has 0 aliphatic carbocycles. The number of thioether (sulfide) groups is 1. The van der Waals surface area contributed by atoms with Crippen LogP contribution in [0.1, 0.15) is 27.8 Å². The highest BCUT2D eigenvalue weighted by atomic mass is 32.2. The normalized spacial score (nSPS) is 18.4. The Hall–Kier alpha value is -3.90. The van der Waals surface area contributed by atoms with Crippen molar-refractivity contribution in [3.8, 4) is 0 Å². The van der Waals surface area contributed by atoms with E-state index in [-0.39, 0.29) is 11.8 Å². The van der Waals surface area contributed by atoms with Crippen molar-refractivity contribution in [2.24, 2.45) is 4.99 Å². The maximum absolute atomic E-state index is 14.1. The van der Waals surface area contributed by atoms with Crippen LogP contribution in [0.3, 0.4) is 0 Å². The van der Waals surface area contributed by atoms with Crippen LogP contribution in [0.4, 0.5) is 17.1 Å². The molecule has 0 unspecified atom stereocenters. The van der Waals surface area contributed by atoms with E-state index in [1.807, 2.05) is 88.4 Å². The van der Waals surface area contributed by atoms with Crippen LogP contribution in [-0.2, 0) is 9.59 Å². The van der Waals surface area contributed by atoms with Crippen LogP contribution in [0, 0.1) is 27.7 Å². The van der Waals surface area contributed by atoms with Gasteiger partial charge in [-0.3, -0.25) is 14.5 Å². The van der Waals surface area contributed by atoms with Crippen molar-refractivity contribution in [2.45, 2.75) is 27.7 Å². The molecule has 0 saturated carbocycles. The van der Waals surface area contributed by atoms with Crippen LogP contribution >= 0.6 is 11.8 Å². The lowest BCUT2D eigenvalue weighted by atomic mass is 10.1. The Morgan fingerprint density at radius 3 is 2.25 bits per heavy atom. The molecule has 2 aliphatic heterocycles. The lowest BCUT2D eigenvalue weighted by Gasteiger charge is -2.19. The van der Waals surface area contributed by atoms with Crippen molar-refractivity contribution in [1.29, 1.82) is 0 Å². The van der Waals surface area contributed by atoms with Gasteiger partial charge in [0.1, 0.15) is 0 Å². The minimum absolute atomic E-state index is 0.194. The Morgan fingerprint density at radius 2 is 1.50 bits per heavy atom. The molecule has 180 valence electrons. The largest absolute Gasteiger partial charge is 0.304 e. The number of fused-ring (bicyclic) bond motifs is 1. The second kappa shape index (κ2) is 9.28. The highest BCUT2D eigenvalue weighted by Gasteiger charge is 2.43. The number of nitrogens with zero attached hydrogens (tertiary/aromatic N) is 3. The van der Waals surface area contributed by atoms with E-state index in [2.05, 4.69) is 6.58 Å². The standard InChI is InChI=1S/C30H27N3O2S/c1-6-17-32-25-15-8-7-13-22(25)26(28(32)34)27-29(35)33(24-16-10-12-19(3)21(24)5)30(36-27)31-23-14-9-11-18(2)20(23)4/h6-16H,1,17H2,2-5H3/b27-26+,31-30?. The first-order chi connectivity index (χ1) is 17.3.